The Morgan fingerprint density at radius 3 is 2.68 bits per heavy atom. The molecule has 1 aromatic carbocycles. The molecule has 0 amide bonds. The third-order valence-electron chi connectivity index (χ3n) is 3.25. The van der Waals surface area contributed by atoms with Crippen LogP contribution in [0.2, 0.25) is 0 Å². The molecule has 1 aliphatic heterocycles. The number of hydrogen-bond acceptors (Lipinski definition) is 4. The zero-order valence-corrected chi connectivity index (χ0v) is 11.1. The van der Waals surface area contributed by atoms with Crippen molar-refractivity contribution in [3.05, 3.63) is 29.8 Å². The lowest BCUT2D eigenvalue weighted by atomic mass is 10.0. The van der Waals surface area contributed by atoms with Crippen molar-refractivity contribution in [2.45, 2.75) is 38.3 Å². The van der Waals surface area contributed by atoms with Gasteiger partial charge in [0.15, 0.2) is 0 Å². The molecule has 2 rings (SSSR count). The van der Waals surface area contributed by atoms with E-state index in [2.05, 4.69) is 17.8 Å². The van der Waals surface area contributed by atoms with E-state index >= 15 is 0 Å². The third kappa shape index (κ3) is 3.68. The number of hydrazine groups is 1. The maximum atomic E-state index is 10.9. The zero-order chi connectivity index (χ0) is 13.7. The van der Waals surface area contributed by atoms with Gasteiger partial charge < -0.3 is 9.84 Å². The number of ether oxygens (including phenoxy) is 1. The van der Waals surface area contributed by atoms with Gasteiger partial charge in [0.05, 0.1) is 6.61 Å². The van der Waals surface area contributed by atoms with E-state index in [4.69, 9.17) is 9.84 Å². The lowest BCUT2D eigenvalue weighted by Gasteiger charge is -2.11. The van der Waals surface area contributed by atoms with Crippen LogP contribution in [0.25, 0.3) is 0 Å². The second-order valence-electron chi connectivity index (χ2n) is 4.74. The van der Waals surface area contributed by atoms with Crippen molar-refractivity contribution in [3.8, 4) is 5.75 Å². The third-order valence-corrected chi connectivity index (χ3v) is 3.25. The number of carboxylic acids is 1. The van der Waals surface area contributed by atoms with Gasteiger partial charge in [-0.15, -0.1) is 0 Å². The molecule has 1 fully saturated rings. The fraction of sp³-hybridized carbons (Fsp3) is 0.500. The molecule has 5 nitrogen and oxygen atoms in total. The highest BCUT2D eigenvalue weighted by Crippen LogP contribution is 2.24. The standard InChI is InChI=1S/C14H20N2O3/c1-2-3-8-19-11-6-4-10(5-7-11)12-9-13(14(17)18)16-15-12/h4-7,12-13,15-16H,2-3,8-9H2,1H3,(H,17,18). The van der Waals surface area contributed by atoms with E-state index < -0.39 is 12.0 Å². The number of hydrogen-bond donors (Lipinski definition) is 3. The molecule has 104 valence electrons. The van der Waals surface area contributed by atoms with Crippen molar-refractivity contribution in [3.63, 3.8) is 0 Å². The first-order chi connectivity index (χ1) is 9.20. The molecule has 1 saturated heterocycles. The average molecular weight is 264 g/mol. The summed E-state index contributed by atoms with van der Waals surface area (Å²) in [6.07, 6.45) is 2.72. The Balaban J connectivity index is 1.90. The van der Waals surface area contributed by atoms with Crippen molar-refractivity contribution in [2.24, 2.45) is 0 Å². The van der Waals surface area contributed by atoms with E-state index in [1.165, 1.54) is 0 Å². The van der Waals surface area contributed by atoms with Crippen LogP contribution in [0, 0.1) is 0 Å². The molecule has 0 bridgehead atoms. The summed E-state index contributed by atoms with van der Waals surface area (Å²) in [6, 6.07) is 7.33. The summed E-state index contributed by atoms with van der Waals surface area (Å²) in [5.74, 6) is 0.0347. The summed E-state index contributed by atoms with van der Waals surface area (Å²) >= 11 is 0. The Morgan fingerprint density at radius 1 is 1.37 bits per heavy atom. The van der Waals surface area contributed by atoms with Gasteiger partial charge in [0.2, 0.25) is 0 Å². The molecule has 0 saturated carbocycles. The molecule has 0 aromatic heterocycles. The fourth-order valence-electron chi connectivity index (χ4n) is 2.07. The van der Waals surface area contributed by atoms with Gasteiger partial charge in [-0.25, -0.2) is 10.9 Å². The summed E-state index contributed by atoms with van der Waals surface area (Å²) in [5, 5.41) is 8.92. The van der Waals surface area contributed by atoms with E-state index in [0.717, 1.165) is 30.8 Å². The van der Waals surface area contributed by atoms with Gasteiger partial charge >= 0.3 is 5.97 Å². The summed E-state index contributed by atoms with van der Waals surface area (Å²) in [6.45, 7) is 2.87. The van der Waals surface area contributed by atoms with E-state index in [1.807, 2.05) is 24.3 Å². The van der Waals surface area contributed by atoms with Gasteiger partial charge in [-0.3, -0.25) is 4.79 Å². The molecule has 0 spiro atoms. The highest BCUT2D eigenvalue weighted by Gasteiger charge is 2.29. The average Bonchev–Trinajstić information content (AvgIpc) is 2.90. The molecular formula is C14H20N2O3. The molecule has 19 heavy (non-hydrogen) atoms. The molecule has 1 heterocycles. The van der Waals surface area contributed by atoms with Crippen LogP contribution >= 0.6 is 0 Å². The first-order valence-corrected chi connectivity index (χ1v) is 6.67. The highest BCUT2D eigenvalue weighted by molar-refractivity contribution is 5.73. The summed E-state index contributed by atoms with van der Waals surface area (Å²) in [5.41, 5.74) is 6.85. The summed E-state index contributed by atoms with van der Waals surface area (Å²) in [4.78, 5) is 10.9. The van der Waals surface area contributed by atoms with Crippen LogP contribution in [0.15, 0.2) is 24.3 Å². The van der Waals surface area contributed by atoms with E-state index in [9.17, 15) is 4.79 Å². The number of carbonyl (C=O) groups is 1. The molecule has 0 radical (unpaired) electrons. The quantitative estimate of drug-likeness (QED) is 0.684. The molecule has 0 aliphatic carbocycles. The highest BCUT2D eigenvalue weighted by atomic mass is 16.5. The topological polar surface area (TPSA) is 70.6 Å². The summed E-state index contributed by atoms with van der Waals surface area (Å²) < 4.78 is 5.59. The van der Waals surface area contributed by atoms with Gasteiger partial charge in [0, 0.05) is 6.04 Å². The Bertz CT molecular complexity index is 419. The largest absolute Gasteiger partial charge is 0.494 e. The number of unbranched alkanes of at least 4 members (excludes halogenated alkanes) is 1. The molecular weight excluding hydrogens is 244 g/mol. The van der Waals surface area contributed by atoms with E-state index in [0.29, 0.717) is 6.42 Å². The zero-order valence-electron chi connectivity index (χ0n) is 11.1. The normalized spacial score (nSPS) is 22.4. The van der Waals surface area contributed by atoms with Gasteiger partial charge in [-0.05, 0) is 30.5 Å². The second kappa shape index (κ2) is 6.54. The number of carboxylic acid groups (broad SMARTS) is 1. The van der Waals surface area contributed by atoms with Crippen LogP contribution in [-0.4, -0.2) is 23.7 Å². The number of aliphatic carboxylic acids is 1. The first-order valence-electron chi connectivity index (χ1n) is 6.67. The molecule has 1 aromatic rings. The Morgan fingerprint density at radius 2 is 2.11 bits per heavy atom. The van der Waals surface area contributed by atoms with Crippen molar-refractivity contribution in [1.29, 1.82) is 0 Å². The molecule has 1 aliphatic rings. The second-order valence-corrected chi connectivity index (χ2v) is 4.74. The van der Waals surface area contributed by atoms with Crippen LogP contribution in [0.3, 0.4) is 0 Å². The Labute approximate surface area is 112 Å². The molecule has 2 unspecified atom stereocenters. The lowest BCUT2D eigenvalue weighted by Crippen LogP contribution is -2.36. The molecule has 2 atom stereocenters. The van der Waals surface area contributed by atoms with Gasteiger partial charge in [0.25, 0.3) is 0 Å². The van der Waals surface area contributed by atoms with E-state index in [-0.39, 0.29) is 6.04 Å². The lowest BCUT2D eigenvalue weighted by molar-refractivity contribution is -0.139. The SMILES string of the molecule is CCCCOc1ccc(C2CC(C(=O)O)NN2)cc1. The fourth-order valence-corrected chi connectivity index (χ4v) is 2.07. The van der Waals surface area contributed by atoms with Crippen LogP contribution < -0.4 is 15.6 Å². The van der Waals surface area contributed by atoms with Gasteiger partial charge in [-0.1, -0.05) is 25.5 Å². The monoisotopic (exact) mass is 264 g/mol. The predicted molar refractivity (Wildman–Crippen MR) is 71.9 cm³/mol. The van der Waals surface area contributed by atoms with Crippen molar-refractivity contribution in [1.82, 2.24) is 10.9 Å². The molecule has 5 heteroatoms. The number of rotatable bonds is 6. The predicted octanol–water partition coefficient (Wildman–Crippen LogP) is 1.86. The minimum absolute atomic E-state index is 0.0331. The van der Waals surface area contributed by atoms with Gasteiger partial charge in [-0.2, -0.15) is 0 Å². The Hall–Kier alpha value is -1.59. The van der Waals surface area contributed by atoms with Crippen LogP contribution in [0.5, 0.6) is 5.75 Å². The minimum Gasteiger partial charge on any atom is -0.494 e. The van der Waals surface area contributed by atoms with Crippen LogP contribution in [0.1, 0.15) is 37.8 Å². The van der Waals surface area contributed by atoms with Crippen molar-refractivity contribution >= 4 is 5.97 Å². The minimum atomic E-state index is -0.825. The summed E-state index contributed by atoms with van der Waals surface area (Å²) in [7, 11) is 0. The maximum Gasteiger partial charge on any atom is 0.322 e. The van der Waals surface area contributed by atoms with Gasteiger partial charge in [0.1, 0.15) is 11.8 Å². The smallest absolute Gasteiger partial charge is 0.322 e. The number of nitrogens with one attached hydrogen (secondary N) is 2. The first kappa shape index (κ1) is 13.8. The maximum absolute atomic E-state index is 10.9. The van der Waals surface area contributed by atoms with Crippen molar-refractivity contribution in [2.75, 3.05) is 6.61 Å². The van der Waals surface area contributed by atoms with Crippen LogP contribution in [-0.2, 0) is 4.79 Å². The molecule has 3 N–H and O–H groups in total. The van der Waals surface area contributed by atoms with Crippen molar-refractivity contribution < 1.29 is 14.6 Å². The number of benzene rings is 1. The van der Waals surface area contributed by atoms with Crippen LogP contribution in [0.4, 0.5) is 0 Å². The Kier molecular flexibility index (Phi) is 4.76. The van der Waals surface area contributed by atoms with E-state index in [1.54, 1.807) is 0 Å².